The van der Waals surface area contributed by atoms with Crippen molar-refractivity contribution in [2.45, 2.75) is 74.5 Å². The van der Waals surface area contributed by atoms with Gasteiger partial charge in [0.1, 0.15) is 17.5 Å². The summed E-state index contributed by atoms with van der Waals surface area (Å²) in [4.78, 5) is 26.5. The van der Waals surface area contributed by atoms with Gasteiger partial charge in [-0.2, -0.15) is 13.5 Å². The zero-order valence-electron chi connectivity index (χ0n) is 39.3. The first-order valence-corrected chi connectivity index (χ1v) is 20.7. The zero-order valence-corrected chi connectivity index (χ0v) is 39.3. The lowest BCUT2D eigenvalue weighted by atomic mass is 10.2. The first kappa shape index (κ1) is 48.0. The Kier molecular flexibility index (Phi) is 15.6. The van der Waals surface area contributed by atoms with E-state index < -0.39 is 0 Å². The van der Waals surface area contributed by atoms with Gasteiger partial charge in [-0.15, -0.1) is 15.3 Å². The largest absolute Gasteiger partial charge is 0.493 e. The van der Waals surface area contributed by atoms with Crippen LogP contribution in [0, 0.1) is 41.5 Å². The van der Waals surface area contributed by atoms with E-state index in [1.807, 2.05) is 77.9 Å². The monoisotopic (exact) mass is 907 g/mol. The minimum absolute atomic E-state index is 0.129. The van der Waals surface area contributed by atoms with Gasteiger partial charge in [-0.1, -0.05) is 12.1 Å². The Balaban J connectivity index is 0.000000170. The third-order valence-corrected chi connectivity index (χ3v) is 10.2. The van der Waals surface area contributed by atoms with Gasteiger partial charge in [0.05, 0.1) is 65.3 Å². The van der Waals surface area contributed by atoms with E-state index in [1.54, 1.807) is 51.7 Å². The number of nitrogens with one attached hydrogen (secondary N) is 2. The van der Waals surface area contributed by atoms with E-state index in [9.17, 15) is 5.11 Å². The molecule has 0 radical (unpaired) electrons. The molecule has 0 unspecified atom stereocenters. The van der Waals surface area contributed by atoms with E-state index in [0.717, 1.165) is 50.6 Å². The Morgan fingerprint density at radius 3 is 1.29 bits per heavy atom. The van der Waals surface area contributed by atoms with Crippen LogP contribution in [0.15, 0.2) is 36.4 Å². The molecule has 22 heteroatoms. The van der Waals surface area contributed by atoms with Gasteiger partial charge >= 0.3 is 0 Å². The van der Waals surface area contributed by atoms with Crippen LogP contribution in [-0.2, 0) is 42.4 Å². The van der Waals surface area contributed by atoms with Crippen molar-refractivity contribution in [2.75, 3.05) is 59.0 Å². The number of nitrogens with zero attached hydrogens (tertiary/aromatic N) is 12. The number of aliphatic hydroxyl groups excluding tert-OH is 1. The number of nitrogens with two attached hydrogens (primary N) is 1. The lowest BCUT2D eigenvalue weighted by Crippen LogP contribution is -2.11. The minimum atomic E-state index is -0.129. The number of methoxy groups -OCH3 is 6. The SMILES string of the molecule is COCc1c(C)nc(N)n2nc(C)nc12.COCc1c(C)nc(NCc2ccc(OC)c(OC)c2)n2nc(C)nc12.COc1ccc(CNc2nc(C)c(CO)c3nc(C)nn23)cc1OC. The average molecular weight is 908 g/mol. The Morgan fingerprint density at radius 1 is 0.500 bits per heavy atom. The van der Waals surface area contributed by atoms with Crippen LogP contribution >= 0.6 is 0 Å². The Morgan fingerprint density at radius 2 is 0.879 bits per heavy atom. The minimum Gasteiger partial charge on any atom is -0.493 e. The van der Waals surface area contributed by atoms with Crippen LogP contribution in [0.4, 0.5) is 17.8 Å². The molecule has 2 aromatic carbocycles. The summed E-state index contributed by atoms with van der Waals surface area (Å²) in [7, 11) is 9.74. The van der Waals surface area contributed by atoms with Gasteiger partial charge in [0, 0.05) is 44.0 Å². The van der Waals surface area contributed by atoms with Crippen LogP contribution in [0.1, 0.15) is 62.4 Å². The molecule has 6 heterocycles. The molecule has 66 heavy (non-hydrogen) atoms. The van der Waals surface area contributed by atoms with Crippen molar-refractivity contribution >= 4 is 34.8 Å². The number of fused-ring (bicyclic) bond motifs is 3. The number of ether oxygens (including phenoxy) is 6. The predicted octanol–water partition coefficient (Wildman–Crippen LogP) is 4.85. The summed E-state index contributed by atoms with van der Waals surface area (Å²) in [6, 6.07) is 11.5. The van der Waals surface area contributed by atoms with Crippen molar-refractivity contribution in [3.63, 3.8) is 0 Å². The van der Waals surface area contributed by atoms with Gasteiger partial charge < -0.3 is 49.9 Å². The van der Waals surface area contributed by atoms with Crippen molar-refractivity contribution < 1.29 is 33.5 Å². The molecule has 0 aliphatic carbocycles. The number of anilines is 3. The van der Waals surface area contributed by atoms with Gasteiger partial charge in [-0.25, -0.2) is 29.9 Å². The Hall–Kier alpha value is -7.43. The fraction of sp³-hybridized carbons (Fsp3) is 0.386. The topological polar surface area (TPSA) is 255 Å². The van der Waals surface area contributed by atoms with E-state index in [1.165, 1.54) is 4.52 Å². The van der Waals surface area contributed by atoms with E-state index in [-0.39, 0.29) is 6.61 Å². The highest BCUT2D eigenvalue weighted by Crippen LogP contribution is 2.29. The number of aromatic nitrogens is 12. The number of rotatable bonds is 15. The molecule has 0 amide bonds. The van der Waals surface area contributed by atoms with Gasteiger partial charge in [-0.05, 0) is 76.9 Å². The quantitative estimate of drug-likeness (QED) is 0.107. The molecule has 0 spiro atoms. The maximum atomic E-state index is 9.56. The highest BCUT2D eigenvalue weighted by Gasteiger charge is 2.17. The molecule has 350 valence electrons. The second-order valence-electron chi connectivity index (χ2n) is 14.8. The molecule has 22 nitrogen and oxygen atoms in total. The molecule has 0 bridgehead atoms. The molecule has 8 rings (SSSR count). The van der Waals surface area contributed by atoms with Crippen LogP contribution in [-0.4, -0.2) is 107 Å². The summed E-state index contributed by atoms with van der Waals surface area (Å²) in [5.74, 6) is 6.27. The van der Waals surface area contributed by atoms with E-state index >= 15 is 0 Å². The van der Waals surface area contributed by atoms with Crippen molar-refractivity contribution in [2.24, 2.45) is 0 Å². The van der Waals surface area contributed by atoms with Gasteiger partial charge in [-0.3, -0.25) is 0 Å². The fourth-order valence-corrected chi connectivity index (χ4v) is 6.99. The zero-order chi connectivity index (χ0) is 47.7. The lowest BCUT2D eigenvalue weighted by Gasteiger charge is -2.13. The predicted molar refractivity (Wildman–Crippen MR) is 246 cm³/mol. The summed E-state index contributed by atoms with van der Waals surface area (Å²) >= 11 is 0. The van der Waals surface area contributed by atoms with E-state index in [4.69, 9.17) is 34.2 Å². The molecular weight excluding hydrogens is 851 g/mol. The van der Waals surface area contributed by atoms with Crippen molar-refractivity contribution in [1.82, 2.24) is 58.7 Å². The third kappa shape index (κ3) is 10.6. The Bertz CT molecular complexity index is 2950. The highest BCUT2D eigenvalue weighted by molar-refractivity contribution is 5.56. The molecular formula is C44H57N15O7. The maximum Gasteiger partial charge on any atom is 0.226 e. The molecule has 0 atom stereocenters. The number of hydrogen-bond acceptors (Lipinski definition) is 19. The third-order valence-electron chi connectivity index (χ3n) is 10.2. The molecule has 0 saturated carbocycles. The second-order valence-corrected chi connectivity index (χ2v) is 14.8. The van der Waals surface area contributed by atoms with Gasteiger partial charge in [0.15, 0.2) is 39.9 Å². The number of aliphatic hydroxyl groups is 1. The maximum absolute atomic E-state index is 9.56. The molecule has 0 aliphatic heterocycles. The number of hydrogen-bond donors (Lipinski definition) is 4. The Labute approximate surface area is 381 Å². The molecule has 0 saturated heterocycles. The van der Waals surface area contributed by atoms with Crippen molar-refractivity contribution in [3.8, 4) is 23.0 Å². The van der Waals surface area contributed by atoms with Crippen molar-refractivity contribution in [1.29, 1.82) is 0 Å². The van der Waals surface area contributed by atoms with E-state index in [0.29, 0.717) is 95.8 Å². The summed E-state index contributed by atoms with van der Waals surface area (Å²) in [5.41, 5.74) is 14.8. The molecule has 0 fully saturated rings. The van der Waals surface area contributed by atoms with Crippen LogP contribution in [0.2, 0.25) is 0 Å². The van der Waals surface area contributed by atoms with Crippen LogP contribution in [0.25, 0.3) is 16.9 Å². The number of aryl methyl sites for hydroxylation is 6. The molecule has 0 aliphatic rings. The van der Waals surface area contributed by atoms with Crippen LogP contribution in [0.3, 0.4) is 0 Å². The second kappa shape index (κ2) is 21.5. The summed E-state index contributed by atoms with van der Waals surface area (Å²) < 4.78 is 36.5. The first-order chi connectivity index (χ1) is 31.8. The average Bonchev–Trinajstić information content (AvgIpc) is 4.03. The molecule has 6 aromatic heterocycles. The number of benzene rings is 2. The smallest absolute Gasteiger partial charge is 0.226 e. The molecule has 5 N–H and O–H groups in total. The summed E-state index contributed by atoms with van der Waals surface area (Å²) in [6.45, 7) is 13.0. The summed E-state index contributed by atoms with van der Waals surface area (Å²) in [5, 5.41) is 29.1. The van der Waals surface area contributed by atoms with Crippen LogP contribution in [0.5, 0.6) is 23.0 Å². The van der Waals surface area contributed by atoms with Gasteiger partial charge in [0.2, 0.25) is 17.8 Å². The van der Waals surface area contributed by atoms with Gasteiger partial charge in [0.25, 0.3) is 0 Å². The number of nitrogen functional groups attached to an aromatic ring is 1. The molecule has 8 aromatic rings. The van der Waals surface area contributed by atoms with Crippen LogP contribution < -0.4 is 35.3 Å². The first-order valence-electron chi connectivity index (χ1n) is 20.7. The van der Waals surface area contributed by atoms with Crippen molar-refractivity contribution in [3.05, 3.63) is 98.8 Å². The van der Waals surface area contributed by atoms with E-state index in [2.05, 4.69) is 55.8 Å². The summed E-state index contributed by atoms with van der Waals surface area (Å²) in [6.07, 6.45) is 0. The standard InChI is InChI=1S/C18H23N5O3.C17H21N5O3.C9H13N5O/c1-11-14(10-24-3)17-21-12(2)22-23(17)18(20-11)19-9-13-6-7-15(25-4)16(8-13)26-5;1-10-13(9-23)16-20-11(2)21-22(16)17(19-10)18-8-12-5-6-14(24-3)15(7-12)25-4;1-5-7(4-15-3)8-12-6(2)13-14(8)9(10)11-5/h6-8H,9-10H2,1-5H3,(H,19,20);5-7,23H,8-9H2,1-4H3,(H,18,19);4H2,1-3H3,(H2,10,11). The fourth-order valence-electron chi connectivity index (χ4n) is 6.99. The lowest BCUT2D eigenvalue weighted by molar-refractivity contribution is 0.184. The highest BCUT2D eigenvalue weighted by atomic mass is 16.5. The normalized spacial score (nSPS) is 11.0.